The van der Waals surface area contributed by atoms with Gasteiger partial charge >= 0.3 is 0 Å². The average Bonchev–Trinajstić information content (AvgIpc) is 2.78. The number of hydrogen-bond acceptors (Lipinski definition) is 5. The lowest BCUT2D eigenvalue weighted by Gasteiger charge is -2.15. The van der Waals surface area contributed by atoms with E-state index in [1.54, 1.807) is 30.3 Å². The van der Waals surface area contributed by atoms with Crippen molar-refractivity contribution in [2.75, 3.05) is 6.61 Å². The Morgan fingerprint density at radius 1 is 1.19 bits per heavy atom. The zero-order valence-corrected chi connectivity index (χ0v) is 20.0. The predicted molar refractivity (Wildman–Crippen MR) is 133 cm³/mol. The van der Waals surface area contributed by atoms with Gasteiger partial charge in [0, 0.05) is 15.7 Å². The number of non-ortho nitro benzene ring substituents is 1. The van der Waals surface area contributed by atoms with E-state index in [1.165, 1.54) is 12.1 Å². The minimum Gasteiger partial charge on any atom is -0.490 e. The molecule has 0 amide bonds. The van der Waals surface area contributed by atoms with Gasteiger partial charge < -0.3 is 9.47 Å². The summed E-state index contributed by atoms with van der Waals surface area (Å²) >= 11 is 8.73. The first-order valence-electron chi connectivity index (χ1n) is 9.61. The Kier molecular flexibility index (Phi) is 8.09. The van der Waals surface area contributed by atoms with Crippen molar-refractivity contribution in [3.63, 3.8) is 0 Å². The third-order valence-electron chi connectivity index (χ3n) is 4.43. The summed E-state index contributed by atoms with van der Waals surface area (Å²) in [5.74, 6) is 0.867. The maximum Gasteiger partial charge on any atom is 0.270 e. The van der Waals surface area contributed by atoms with Gasteiger partial charge in [0.1, 0.15) is 6.61 Å². The van der Waals surface area contributed by atoms with Gasteiger partial charge in [0.25, 0.3) is 5.69 Å². The molecule has 0 saturated heterocycles. The fourth-order valence-corrected chi connectivity index (χ4v) is 3.58. The number of benzene rings is 3. The monoisotopic (exact) mass is 560 g/mol. The molecule has 32 heavy (non-hydrogen) atoms. The van der Waals surface area contributed by atoms with E-state index < -0.39 is 4.92 Å². The van der Waals surface area contributed by atoms with Gasteiger partial charge in [-0.3, -0.25) is 10.1 Å². The summed E-state index contributed by atoms with van der Waals surface area (Å²) in [6.45, 7) is 2.57. The molecule has 0 unspecified atom stereocenters. The van der Waals surface area contributed by atoms with Crippen LogP contribution in [0.3, 0.4) is 0 Å². The van der Waals surface area contributed by atoms with E-state index in [0.29, 0.717) is 40.9 Å². The molecule has 0 atom stereocenters. The first-order chi connectivity index (χ1) is 15.4. The van der Waals surface area contributed by atoms with E-state index in [-0.39, 0.29) is 11.3 Å². The van der Waals surface area contributed by atoms with Gasteiger partial charge in [-0.25, -0.2) is 0 Å². The number of hydrogen-bond donors (Lipinski definition) is 0. The van der Waals surface area contributed by atoms with E-state index >= 15 is 0 Å². The summed E-state index contributed by atoms with van der Waals surface area (Å²) < 4.78 is 12.8. The van der Waals surface area contributed by atoms with Crippen molar-refractivity contribution in [3.05, 3.63) is 96.1 Å². The van der Waals surface area contributed by atoms with Gasteiger partial charge in [-0.2, -0.15) is 5.26 Å². The largest absolute Gasteiger partial charge is 0.490 e. The molecular weight excluding hydrogens is 543 g/mol. The Labute approximate surface area is 204 Å². The number of ether oxygens (including phenoxy) is 2. The van der Waals surface area contributed by atoms with E-state index in [0.717, 1.165) is 9.13 Å². The standard InChI is InChI=1S/C24H18ClIN2O4/c1-2-31-23-12-17(10-19(14-27)18-4-3-5-21(13-18)28(29)30)11-22(25)24(23)32-15-16-6-8-20(26)9-7-16/h3-13H,2,15H2,1H3/b19-10-. The third-order valence-corrected chi connectivity index (χ3v) is 5.43. The maximum absolute atomic E-state index is 11.1. The molecule has 0 saturated carbocycles. The number of nitro benzene ring substituents is 1. The van der Waals surface area contributed by atoms with Gasteiger partial charge in [-0.05, 0) is 76.5 Å². The maximum atomic E-state index is 11.1. The zero-order chi connectivity index (χ0) is 23.1. The smallest absolute Gasteiger partial charge is 0.270 e. The van der Waals surface area contributed by atoms with Crippen LogP contribution in [-0.4, -0.2) is 11.5 Å². The van der Waals surface area contributed by atoms with Crippen molar-refractivity contribution in [2.45, 2.75) is 13.5 Å². The molecule has 0 spiro atoms. The molecule has 0 aromatic heterocycles. The summed E-state index contributed by atoms with van der Waals surface area (Å²) in [6.07, 6.45) is 1.61. The number of nitrogens with zero attached hydrogens (tertiary/aromatic N) is 2. The van der Waals surface area contributed by atoms with Crippen molar-refractivity contribution < 1.29 is 14.4 Å². The minimum atomic E-state index is -0.498. The van der Waals surface area contributed by atoms with Crippen LogP contribution in [0.1, 0.15) is 23.6 Å². The number of nitriles is 1. The van der Waals surface area contributed by atoms with Crippen LogP contribution in [-0.2, 0) is 6.61 Å². The molecule has 6 nitrogen and oxygen atoms in total. The predicted octanol–water partition coefficient (Wildman–Crippen LogP) is 6.89. The van der Waals surface area contributed by atoms with Crippen molar-refractivity contribution in [1.82, 2.24) is 0 Å². The van der Waals surface area contributed by atoms with Crippen LogP contribution in [0.15, 0.2) is 60.7 Å². The van der Waals surface area contributed by atoms with E-state index in [9.17, 15) is 15.4 Å². The van der Waals surface area contributed by atoms with E-state index in [2.05, 4.69) is 28.7 Å². The first kappa shape index (κ1) is 23.6. The molecule has 8 heteroatoms. The quantitative estimate of drug-likeness (QED) is 0.0984. The minimum absolute atomic E-state index is 0.0870. The Morgan fingerprint density at radius 2 is 1.94 bits per heavy atom. The van der Waals surface area contributed by atoms with Crippen LogP contribution in [0.5, 0.6) is 11.5 Å². The fraction of sp³-hybridized carbons (Fsp3) is 0.125. The molecule has 0 aliphatic rings. The number of rotatable bonds is 8. The molecular formula is C24H18ClIN2O4. The second kappa shape index (κ2) is 11.0. The van der Waals surface area contributed by atoms with Gasteiger partial charge in [0.15, 0.2) is 11.5 Å². The van der Waals surface area contributed by atoms with Crippen molar-refractivity contribution >= 4 is 51.5 Å². The average molecular weight is 561 g/mol. The molecule has 3 aromatic carbocycles. The van der Waals surface area contributed by atoms with Crippen LogP contribution < -0.4 is 9.47 Å². The van der Waals surface area contributed by atoms with Crippen molar-refractivity contribution in [3.8, 4) is 17.6 Å². The molecule has 0 aliphatic carbocycles. The first-order valence-corrected chi connectivity index (χ1v) is 11.1. The van der Waals surface area contributed by atoms with Crippen molar-refractivity contribution in [2.24, 2.45) is 0 Å². The highest BCUT2D eigenvalue weighted by atomic mass is 127. The van der Waals surface area contributed by atoms with E-state index in [1.807, 2.05) is 31.2 Å². The molecule has 0 heterocycles. The summed E-state index contributed by atoms with van der Waals surface area (Å²) in [5, 5.41) is 21.0. The van der Waals surface area contributed by atoms with Crippen LogP contribution in [0.4, 0.5) is 5.69 Å². The highest BCUT2D eigenvalue weighted by Gasteiger charge is 2.14. The number of halogens is 2. The topological polar surface area (TPSA) is 85.4 Å². The molecule has 0 aliphatic heterocycles. The van der Waals surface area contributed by atoms with Gasteiger partial charge in [0.05, 0.1) is 28.2 Å². The summed E-state index contributed by atoms with van der Waals surface area (Å²) in [4.78, 5) is 10.6. The summed E-state index contributed by atoms with van der Waals surface area (Å²) in [7, 11) is 0. The fourth-order valence-electron chi connectivity index (χ4n) is 2.94. The molecule has 0 N–H and O–H groups in total. The lowest BCUT2D eigenvalue weighted by atomic mass is 10.0. The van der Waals surface area contributed by atoms with Crippen LogP contribution in [0.25, 0.3) is 11.6 Å². The zero-order valence-electron chi connectivity index (χ0n) is 17.0. The van der Waals surface area contributed by atoms with Gasteiger partial charge in [-0.15, -0.1) is 0 Å². The SMILES string of the molecule is CCOc1cc(/C=C(/C#N)c2cccc([N+](=O)[O-])c2)cc(Cl)c1OCc1ccc(I)cc1. The third kappa shape index (κ3) is 5.99. The molecule has 0 fully saturated rings. The highest BCUT2D eigenvalue weighted by Crippen LogP contribution is 2.38. The van der Waals surface area contributed by atoms with Crippen LogP contribution in [0, 0.1) is 25.0 Å². The Balaban J connectivity index is 1.93. The number of nitro groups is 1. The molecule has 0 radical (unpaired) electrons. The second-order valence-corrected chi connectivity index (χ2v) is 8.31. The number of allylic oxidation sites excluding steroid dienone is 1. The lowest BCUT2D eigenvalue weighted by Crippen LogP contribution is -2.01. The Morgan fingerprint density at radius 3 is 2.59 bits per heavy atom. The van der Waals surface area contributed by atoms with Crippen LogP contribution in [0.2, 0.25) is 5.02 Å². The van der Waals surface area contributed by atoms with Crippen molar-refractivity contribution in [1.29, 1.82) is 5.26 Å². The molecule has 3 rings (SSSR count). The van der Waals surface area contributed by atoms with Gasteiger partial charge in [-0.1, -0.05) is 35.9 Å². The van der Waals surface area contributed by atoms with E-state index in [4.69, 9.17) is 21.1 Å². The normalized spacial score (nSPS) is 11.0. The molecule has 0 bridgehead atoms. The van der Waals surface area contributed by atoms with Gasteiger partial charge in [0.2, 0.25) is 0 Å². The Bertz CT molecular complexity index is 1200. The van der Waals surface area contributed by atoms with Crippen LogP contribution >= 0.6 is 34.2 Å². The lowest BCUT2D eigenvalue weighted by molar-refractivity contribution is -0.384. The summed E-state index contributed by atoms with van der Waals surface area (Å²) in [5.41, 5.74) is 2.22. The second-order valence-electron chi connectivity index (χ2n) is 6.66. The molecule has 162 valence electrons. The Hall–Kier alpha value is -3.09. The summed E-state index contributed by atoms with van der Waals surface area (Å²) in [6, 6.07) is 19.4. The highest BCUT2D eigenvalue weighted by molar-refractivity contribution is 14.1. The molecule has 3 aromatic rings.